The smallest absolute Gasteiger partial charge is 0.222 e. The summed E-state index contributed by atoms with van der Waals surface area (Å²) in [6, 6.07) is 14.7. The number of fused-ring (bicyclic) bond motifs is 1. The van der Waals surface area contributed by atoms with E-state index in [1.165, 1.54) is 23.6 Å². The summed E-state index contributed by atoms with van der Waals surface area (Å²) in [4.78, 5) is 25.9. The van der Waals surface area contributed by atoms with Gasteiger partial charge in [-0.05, 0) is 55.0 Å². The zero-order valence-electron chi connectivity index (χ0n) is 18.3. The van der Waals surface area contributed by atoms with Crippen molar-refractivity contribution in [3.05, 3.63) is 60.4 Å². The Bertz CT molecular complexity index is 1060. The van der Waals surface area contributed by atoms with E-state index < -0.39 is 0 Å². The average Bonchev–Trinajstić information content (AvgIpc) is 2.95. The van der Waals surface area contributed by atoms with E-state index in [1.807, 2.05) is 24.3 Å². The highest BCUT2D eigenvalue weighted by atomic mass is 16.2. The number of likely N-dealkylation sites (tertiary alicyclic amines) is 2. The predicted octanol–water partition coefficient (Wildman–Crippen LogP) is 4.52. The summed E-state index contributed by atoms with van der Waals surface area (Å²) in [5.41, 5.74) is 2.60. The van der Waals surface area contributed by atoms with Gasteiger partial charge in [0.15, 0.2) is 5.82 Å². The normalized spacial score (nSPS) is 19.6. The van der Waals surface area contributed by atoms with Gasteiger partial charge >= 0.3 is 0 Å². The van der Waals surface area contributed by atoms with Crippen molar-refractivity contribution in [3.8, 4) is 11.4 Å². The molecule has 2 aliphatic rings. The second-order valence-corrected chi connectivity index (χ2v) is 9.28. The van der Waals surface area contributed by atoms with Crippen LogP contribution in [0.2, 0.25) is 0 Å². The first-order valence-corrected chi connectivity index (χ1v) is 11.4. The van der Waals surface area contributed by atoms with Gasteiger partial charge in [-0.25, -0.2) is 9.97 Å². The molecule has 0 N–H and O–H groups in total. The van der Waals surface area contributed by atoms with Crippen LogP contribution in [0.3, 0.4) is 0 Å². The monoisotopic (exact) mass is 414 g/mol. The predicted molar refractivity (Wildman–Crippen MR) is 123 cm³/mol. The summed E-state index contributed by atoms with van der Waals surface area (Å²) < 4.78 is 0. The van der Waals surface area contributed by atoms with Crippen LogP contribution in [0.15, 0.2) is 54.9 Å². The molecule has 5 rings (SSSR count). The van der Waals surface area contributed by atoms with Gasteiger partial charge in [0.2, 0.25) is 5.91 Å². The lowest BCUT2D eigenvalue weighted by Gasteiger charge is -2.41. The lowest BCUT2D eigenvalue weighted by atomic mass is 9.73. The van der Waals surface area contributed by atoms with Crippen LogP contribution in [-0.4, -0.2) is 52.4 Å². The number of hydrogen-bond donors (Lipinski definition) is 0. The Balaban J connectivity index is 1.23. The second kappa shape index (κ2) is 8.39. The third-order valence-corrected chi connectivity index (χ3v) is 7.33. The van der Waals surface area contributed by atoms with Crippen molar-refractivity contribution in [1.29, 1.82) is 0 Å². The van der Waals surface area contributed by atoms with Gasteiger partial charge in [0.05, 0.1) is 0 Å². The highest BCUT2D eigenvalue weighted by Crippen LogP contribution is 2.41. The highest BCUT2D eigenvalue weighted by molar-refractivity contribution is 5.94. The Morgan fingerprint density at radius 1 is 0.903 bits per heavy atom. The maximum absolute atomic E-state index is 12.0. The average molecular weight is 415 g/mol. The lowest BCUT2D eigenvalue weighted by molar-refractivity contribution is -0.129. The number of rotatable bonds is 3. The molecule has 1 aromatic heterocycles. The minimum Gasteiger partial charge on any atom is -0.346 e. The molecule has 0 bridgehead atoms. The van der Waals surface area contributed by atoms with Crippen molar-refractivity contribution in [2.24, 2.45) is 5.41 Å². The molecule has 0 radical (unpaired) electrons. The molecule has 2 aromatic carbocycles. The van der Waals surface area contributed by atoms with Crippen molar-refractivity contribution in [2.45, 2.75) is 38.6 Å². The molecule has 0 aliphatic carbocycles. The molecule has 2 saturated heterocycles. The zero-order chi connectivity index (χ0) is 21.3. The Labute approximate surface area is 184 Å². The van der Waals surface area contributed by atoms with E-state index in [0.717, 1.165) is 56.0 Å². The van der Waals surface area contributed by atoms with Gasteiger partial charge in [-0.3, -0.25) is 9.69 Å². The van der Waals surface area contributed by atoms with Gasteiger partial charge in [0.1, 0.15) is 0 Å². The first kappa shape index (κ1) is 20.1. The number of benzene rings is 2. The number of aromatic nitrogens is 2. The van der Waals surface area contributed by atoms with E-state index in [-0.39, 0.29) is 0 Å². The van der Waals surface area contributed by atoms with Gasteiger partial charge in [-0.15, -0.1) is 0 Å². The van der Waals surface area contributed by atoms with Gasteiger partial charge in [-0.2, -0.15) is 0 Å². The summed E-state index contributed by atoms with van der Waals surface area (Å²) in [5.74, 6) is 1.09. The second-order valence-electron chi connectivity index (χ2n) is 9.28. The summed E-state index contributed by atoms with van der Waals surface area (Å²) in [6.45, 7) is 3.97. The molecule has 2 aliphatic heterocycles. The molecular weight excluding hydrogens is 384 g/mol. The van der Waals surface area contributed by atoms with Crippen molar-refractivity contribution < 1.29 is 4.79 Å². The summed E-state index contributed by atoms with van der Waals surface area (Å²) in [7, 11) is 1.94. The molecule has 160 valence electrons. The van der Waals surface area contributed by atoms with Crippen molar-refractivity contribution in [1.82, 2.24) is 19.8 Å². The van der Waals surface area contributed by atoms with Crippen LogP contribution in [0.5, 0.6) is 0 Å². The number of carbonyl (C=O) groups is 1. The number of hydrogen-bond acceptors (Lipinski definition) is 4. The van der Waals surface area contributed by atoms with Gasteiger partial charge in [0.25, 0.3) is 0 Å². The van der Waals surface area contributed by atoms with Crippen LogP contribution in [0.1, 0.15) is 37.7 Å². The molecule has 0 saturated carbocycles. The van der Waals surface area contributed by atoms with E-state index in [1.54, 1.807) is 0 Å². The highest BCUT2D eigenvalue weighted by Gasteiger charge is 2.37. The first-order chi connectivity index (χ1) is 15.1. The Morgan fingerprint density at radius 3 is 2.42 bits per heavy atom. The topological polar surface area (TPSA) is 49.3 Å². The Hall–Kier alpha value is -2.79. The van der Waals surface area contributed by atoms with Crippen LogP contribution in [0.25, 0.3) is 22.2 Å². The van der Waals surface area contributed by atoms with Gasteiger partial charge in [-0.1, -0.05) is 42.5 Å². The molecule has 2 fully saturated rings. The fraction of sp³-hybridized carbons (Fsp3) is 0.423. The van der Waals surface area contributed by atoms with Crippen LogP contribution >= 0.6 is 0 Å². The Morgan fingerprint density at radius 2 is 1.61 bits per heavy atom. The maximum Gasteiger partial charge on any atom is 0.222 e. The van der Waals surface area contributed by atoms with Crippen molar-refractivity contribution >= 4 is 16.7 Å². The summed E-state index contributed by atoms with van der Waals surface area (Å²) >= 11 is 0. The van der Waals surface area contributed by atoms with E-state index >= 15 is 0 Å². The molecule has 3 aromatic rings. The van der Waals surface area contributed by atoms with Crippen LogP contribution in [-0.2, 0) is 11.3 Å². The molecule has 0 unspecified atom stereocenters. The maximum atomic E-state index is 12.0. The Kier molecular flexibility index (Phi) is 5.45. The van der Waals surface area contributed by atoms with Gasteiger partial charge in [0, 0.05) is 50.1 Å². The molecule has 1 amide bonds. The molecule has 5 heteroatoms. The lowest BCUT2D eigenvalue weighted by Crippen LogP contribution is -2.40. The SMILES string of the molecule is CN1CCC2(CCC1=O)CCN(Cc1cnc(-c3cccc4ccccc34)nc1)CC2. The molecule has 0 atom stereocenters. The molecule has 5 nitrogen and oxygen atoms in total. The van der Waals surface area contributed by atoms with E-state index in [9.17, 15) is 4.79 Å². The third kappa shape index (κ3) is 4.19. The van der Waals surface area contributed by atoms with E-state index in [4.69, 9.17) is 9.97 Å². The van der Waals surface area contributed by atoms with E-state index in [0.29, 0.717) is 17.7 Å². The standard InChI is InChI=1S/C26H30N4O/c1-29-14-11-26(10-9-24(29)31)12-15-30(16-13-26)19-20-17-27-25(28-18-20)23-8-4-6-21-5-2-3-7-22(21)23/h2-8,17-18H,9-16,19H2,1H3. The number of amides is 1. The van der Waals surface area contributed by atoms with Crippen LogP contribution in [0.4, 0.5) is 0 Å². The minimum atomic E-state index is 0.308. The van der Waals surface area contributed by atoms with Crippen LogP contribution < -0.4 is 0 Å². The van der Waals surface area contributed by atoms with Crippen molar-refractivity contribution in [3.63, 3.8) is 0 Å². The number of nitrogens with zero attached hydrogens (tertiary/aromatic N) is 4. The van der Waals surface area contributed by atoms with Crippen molar-refractivity contribution in [2.75, 3.05) is 26.7 Å². The summed E-state index contributed by atoms with van der Waals surface area (Å²) in [5, 5.41) is 2.40. The number of piperidine rings is 1. The molecule has 31 heavy (non-hydrogen) atoms. The zero-order valence-corrected chi connectivity index (χ0v) is 18.3. The fourth-order valence-electron chi connectivity index (χ4n) is 5.16. The first-order valence-electron chi connectivity index (χ1n) is 11.4. The van der Waals surface area contributed by atoms with Gasteiger partial charge < -0.3 is 4.90 Å². The summed E-state index contributed by atoms with van der Waals surface area (Å²) in [6.07, 6.45) is 9.23. The fourth-order valence-corrected chi connectivity index (χ4v) is 5.16. The van der Waals surface area contributed by atoms with Crippen LogP contribution in [0, 0.1) is 5.41 Å². The minimum absolute atomic E-state index is 0.308. The molecule has 3 heterocycles. The molecular formula is C26H30N4O. The molecule has 1 spiro atoms. The largest absolute Gasteiger partial charge is 0.346 e. The van der Waals surface area contributed by atoms with E-state index in [2.05, 4.69) is 47.4 Å². The third-order valence-electron chi connectivity index (χ3n) is 7.33. The number of carbonyl (C=O) groups excluding carboxylic acids is 1. The quantitative estimate of drug-likeness (QED) is 0.632.